The smallest absolute Gasteiger partial charge is 0.253 e. The quantitative estimate of drug-likeness (QED) is 0.817. The van der Waals surface area contributed by atoms with Crippen LogP contribution in [0.4, 0.5) is 11.4 Å². The maximum Gasteiger partial charge on any atom is 0.253 e. The number of carbonyl (C=O) groups excluding carboxylic acids is 1. The van der Waals surface area contributed by atoms with Crippen molar-refractivity contribution in [3.63, 3.8) is 0 Å². The van der Waals surface area contributed by atoms with E-state index in [0.29, 0.717) is 17.1 Å². The third-order valence-corrected chi connectivity index (χ3v) is 2.83. The lowest BCUT2D eigenvalue weighted by Gasteiger charge is -2.08. The number of hydrogen-bond acceptors (Lipinski definition) is 4. The van der Waals surface area contributed by atoms with Crippen LogP contribution in [0.15, 0.2) is 41.5 Å². The Morgan fingerprint density at radius 1 is 1.40 bits per heavy atom. The highest BCUT2D eigenvalue weighted by molar-refractivity contribution is 5.93. The van der Waals surface area contributed by atoms with Crippen molar-refractivity contribution in [2.75, 3.05) is 11.1 Å². The van der Waals surface area contributed by atoms with Crippen LogP contribution in [0.2, 0.25) is 0 Å². The van der Waals surface area contributed by atoms with Crippen LogP contribution >= 0.6 is 0 Å². The van der Waals surface area contributed by atoms with Gasteiger partial charge in [-0.3, -0.25) is 14.2 Å². The monoisotopic (exact) mass is 272 g/mol. The largest absolute Gasteiger partial charge is 0.397 e. The van der Waals surface area contributed by atoms with Gasteiger partial charge in [0.1, 0.15) is 0 Å². The van der Waals surface area contributed by atoms with E-state index >= 15 is 0 Å². The minimum atomic E-state index is -0.199. The molecular weight excluding hydrogens is 256 g/mol. The number of benzene rings is 1. The number of nitrogens with two attached hydrogens (primary N) is 1. The van der Waals surface area contributed by atoms with Gasteiger partial charge in [-0.25, -0.2) is 4.98 Å². The Hall–Kier alpha value is -2.63. The number of para-hydroxylation sites is 2. The van der Waals surface area contributed by atoms with E-state index in [0.717, 1.165) is 0 Å². The fraction of sp³-hybridized carbons (Fsp3) is 0.214. The zero-order valence-corrected chi connectivity index (χ0v) is 11.2. The van der Waals surface area contributed by atoms with Gasteiger partial charge in [0.15, 0.2) is 0 Å². The van der Waals surface area contributed by atoms with E-state index in [9.17, 15) is 9.59 Å². The van der Waals surface area contributed by atoms with Gasteiger partial charge in [0.05, 0.1) is 17.7 Å². The van der Waals surface area contributed by atoms with E-state index < -0.39 is 0 Å². The molecule has 2 rings (SSSR count). The van der Waals surface area contributed by atoms with Gasteiger partial charge in [0, 0.05) is 24.7 Å². The van der Waals surface area contributed by atoms with Crippen LogP contribution in [0.5, 0.6) is 0 Å². The molecule has 0 aliphatic heterocycles. The van der Waals surface area contributed by atoms with Crippen molar-refractivity contribution >= 4 is 17.3 Å². The lowest BCUT2D eigenvalue weighted by molar-refractivity contribution is -0.116. The molecule has 0 unspecified atom stereocenters. The molecule has 1 aromatic carbocycles. The van der Waals surface area contributed by atoms with E-state index in [1.54, 1.807) is 31.2 Å². The average molecular weight is 272 g/mol. The van der Waals surface area contributed by atoms with Gasteiger partial charge in [-0.05, 0) is 19.1 Å². The second-order valence-corrected chi connectivity index (χ2v) is 4.45. The summed E-state index contributed by atoms with van der Waals surface area (Å²) in [5, 5.41) is 2.71. The van der Waals surface area contributed by atoms with Crippen LogP contribution in [0.3, 0.4) is 0 Å². The fourth-order valence-corrected chi connectivity index (χ4v) is 1.73. The molecule has 0 atom stereocenters. The Labute approximate surface area is 116 Å². The Morgan fingerprint density at radius 3 is 2.85 bits per heavy atom. The van der Waals surface area contributed by atoms with Gasteiger partial charge < -0.3 is 11.1 Å². The van der Waals surface area contributed by atoms with Crippen LogP contribution in [-0.2, 0) is 11.3 Å². The Morgan fingerprint density at radius 2 is 2.15 bits per heavy atom. The summed E-state index contributed by atoms with van der Waals surface area (Å²) in [6, 6.07) is 8.47. The van der Waals surface area contributed by atoms with Crippen LogP contribution in [0.1, 0.15) is 12.1 Å². The fourth-order valence-electron chi connectivity index (χ4n) is 1.73. The highest BCUT2D eigenvalue weighted by Crippen LogP contribution is 2.16. The Bertz CT molecular complexity index is 679. The van der Waals surface area contributed by atoms with E-state index in [1.165, 1.54) is 17.0 Å². The van der Waals surface area contributed by atoms with Crippen molar-refractivity contribution in [1.82, 2.24) is 9.55 Å². The molecule has 6 heteroatoms. The maximum absolute atomic E-state index is 11.8. The number of hydrogen-bond donors (Lipinski definition) is 2. The molecule has 0 aliphatic rings. The predicted octanol–water partition coefficient (Wildman–Crippen LogP) is 1.16. The number of aryl methyl sites for hydroxylation is 2. The number of nitrogens with zero attached hydrogens (tertiary/aromatic N) is 2. The summed E-state index contributed by atoms with van der Waals surface area (Å²) in [5.74, 6) is -0.199. The SMILES string of the molecule is Cc1cc(=O)n(CCC(=O)Nc2ccccc2N)cn1. The van der Waals surface area contributed by atoms with Crippen molar-refractivity contribution < 1.29 is 4.79 Å². The van der Waals surface area contributed by atoms with Crippen LogP contribution in [-0.4, -0.2) is 15.5 Å². The molecule has 0 aliphatic carbocycles. The molecule has 104 valence electrons. The van der Waals surface area contributed by atoms with Crippen LogP contribution in [0, 0.1) is 6.92 Å². The number of rotatable bonds is 4. The maximum atomic E-state index is 11.8. The van der Waals surface area contributed by atoms with Gasteiger partial charge in [0.25, 0.3) is 5.56 Å². The molecular formula is C14H16N4O2. The predicted molar refractivity (Wildman–Crippen MR) is 77.3 cm³/mol. The zero-order chi connectivity index (χ0) is 14.5. The summed E-state index contributed by atoms with van der Waals surface area (Å²) in [6.45, 7) is 2.03. The second-order valence-electron chi connectivity index (χ2n) is 4.45. The highest BCUT2D eigenvalue weighted by atomic mass is 16.1. The summed E-state index contributed by atoms with van der Waals surface area (Å²) in [6.07, 6.45) is 1.63. The topological polar surface area (TPSA) is 90.0 Å². The first-order chi connectivity index (χ1) is 9.56. The number of anilines is 2. The molecule has 0 saturated heterocycles. The number of carbonyl (C=O) groups is 1. The third kappa shape index (κ3) is 3.44. The molecule has 3 N–H and O–H groups in total. The van der Waals surface area contributed by atoms with E-state index in [2.05, 4.69) is 10.3 Å². The average Bonchev–Trinajstić information content (AvgIpc) is 2.40. The second kappa shape index (κ2) is 6.01. The molecule has 0 radical (unpaired) electrons. The number of nitrogens with one attached hydrogen (secondary N) is 1. The standard InChI is InChI=1S/C14H16N4O2/c1-10-8-14(20)18(9-16-10)7-6-13(19)17-12-5-3-2-4-11(12)15/h2-5,8-9H,6-7,15H2,1H3,(H,17,19). The first-order valence-corrected chi connectivity index (χ1v) is 6.24. The van der Waals surface area contributed by atoms with Crippen LogP contribution < -0.4 is 16.6 Å². The van der Waals surface area contributed by atoms with E-state index in [1.807, 2.05) is 0 Å². The lowest BCUT2D eigenvalue weighted by Crippen LogP contribution is -2.23. The molecule has 0 bridgehead atoms. The highest BCUT2D eigenvalue weighted by Gasteiger charge is 2.06. The van der Waals surface area contributed by atoms with Gasteiger partial charge in [-0.15, -0.1) is 0 Å². The molecule has 0 spiro atoms. The molecule has 2 aromatic rings. The zero-order valence-electron chi connectivity index (χ0n) is 11.2. The van der Waals surface area contributed by atoms with Gasteiger partial charge >= 0.3 is 0 Å². The molecule has 1 aromatic heterocycles. The minimum absolute atomic E-state index is 0.162. The van der Waals surface area contributed by atoms with Gasteiger partial charge in [-0.2, -0.15) is 0 Å². The first kappa shape index (κ1) is 13.8. The van der Waals surface area contributed by atoms with Crippen molar-refractivity contribution in [2.45, 2.75) is 19.9 Å². The van der Waals surface area contributed by atoms with Crippen molar-refractivity contribution in [3.05, 3.63) is 52.7 Å². The third-order valence-electron chi connectivity index (χ3n) is 2.83. The summed E-state index contributed by atoms with van der Waals surface area (Å²) in [5.41, 5.74) is 7.32. The summed E-state index contributed by atoms with van der Waals surface area (Å²) in [7, 11) is 0. The Balaban J connectivity index is 1.96. The number of amides is 1. The molecule has 20 heavy (non-hydrogen) atoms. The van der Waals surface area contributed by atoms with Gasteiger partial charge in [-0.1, -0.05) is 12.1 Å². The molecule has 1 heterocycles. The van der Waals surface area contributed by atoms with Crippen molar-refractivity contribution in [1.29, 1.82) is 0 Å². The number of nitrogen functional groups attached to an aromatic ring is 1. The minimum Gasteiger partial charge on any atom is -0.397 e. The van der Waals surface area contributed by atoms with Crippen molar-refractivity contribution in [2.24, 2.45) is 0 Å². The summed E-state index contributed by atoms with van der Waals surface area (Å²) >= 11 is 0. The molecule has 0 fully saturated rings. The summed E-state index contributed by atoms with van der Waals surface area (Å²) < 4.78 is 1.40. The normalized spacial score (nSPS) is 10.2. The molecule has 0 saturated carbocycles. The van der Waals surface area contributed by atoms with Crippen LogP contribution in [0.25, 0.3) is 0 Å². The van der Waals surface area contributed by atoms with E-state index in [4.69, 9.17) is 5.73 Å². The molecule has 1 amide bonds. The summed E-state index contributed by atoms with van der Waals surface area (Å²) in [4.78, 5) is 27.5. The van der Waals surface area contributed by atoms with Crippen molar-refractivity contribution in [3.8, 4) is 0 Å². The van der Waals surface area contributed by atoms with E-state index in [-0.39, 0.29) is 24.4 Å². The van der Waals surface area contributed by atoms with Gasteiger partial charge in [0.2, 0.25) is 5.91 Å². The molecule has 6 nitrogen and oxygen atoms in total. The Kier molecular flexibility index (Phi) is 4.14. The first-order valence-electron chi connectivity index (χ1n) is 6.24. The number of aromatic nitrogens is 2. The lowest BCUT2D eigenvalue weighted by atomic mass is 10.2.